The molecule has 0 amide bonds. The van der Waals surface area contributed by atoms with Crippen LogP contribution in [0, 0.1) is 6.92 Å². The van der Waals surface area contributed by atoms with E-state index in [-0.39, 0.29) is 0 Å². The molecule has 0 aliphatic rings. The van der Waals surface area contributed by atoms with Crippen molar-refractivity contribution < 1.29 is 4.84 Å². The second-order valence-corrected chi connectivity index (χ2v) is 5.36. The highest BCUT2D eigenvalue weighted by atomic mass is 16.6. The minimum Gasteiger partial charge on any atom is -0.390 e. The van der Waals surface area contributed by atoms with Gasteiger partial charge in [0.1, 0.15) is 12.8 Å². The third-order valence-corrected chi connectivity index (χ3v) is 3.64. The van der Waals surface area contributed by atoms with Crippen molar-refractivity contribution in [2.45, 2.75) is 13.5 Å². The summed E-state index contributed by atoms with van der Waals surface area (Å²) in [6.45, 7) is 2.46. The maximum Gasteiger partial charge on any atom is 0.142 e. The summed E-state index contributed by atoms with van der Waals surface area (Å²) in [5.74, 6) is 0. The van der Waals surface area contributed by atoms with E-state index in [9.17, 15) is 0 Å². The van der Waals surface area contributed by atoms with Gasteiger partial charge in [-0.15, -0.1) is 0 Å². The summed E-state index contributed by atoms with van der Waals surface area (Å²) >= 11 is 0. The lowest BCUT2D eigenvalue weighted by molar-refractivity contribution is 0.132. The lowest BCUT2D eigenvalue weighted by atomic mass is 10.0. The van der Waals surface area contributed by atoms with Gasteiger partial charge in [0.15, 0.2) is 0 Å². The zero-order chi connectivity index (χ0) is 15.9. The number of aryl methyl sites for hydroxylation is 1. The van der Waals surface area contributed by atoms with Gasteiger partial charge in [-0.1, -0.05) is 78.0 Å². The van der Waals surface area contributed by atoms with Gasteiger partial charge in [0.05, 0.1) is 0 Å². The first kappa shape index (κ1) is 15.0. The minimum atomic E-state index is 0.430. The molecule has 0 aliphatic carbocycles. The monoisotopic (exact) mass is 300 g/mol. The van der Waals surface area contributed by atoms with Crippen molar-refractivity contribution in [3.8, 4) is 11.1 Å². The second kappa shape index (κ2) is 7.41. The number of hydrogen-bond acceptors (Lipinski definition) is 2. The number of hydrogen-bond donors (Lipinski definition) is 0. The minimum absolute atomic E-state index is 0.430. The number of nitrogens with zero attached hydrogens (tertiary/aromatic N) is 1. The second-order valence-electron chi connectivity index (χ2n) is 5.36. The summed E-state index contributed by atoms with van der Waals surface area (Å²) in [6, 6.07) is 26.6. The molecule has 113 valence electrons. The van der Waals surface area contributed by atoms with Gasteiger partial charge in [-0.3, -0.25) is 0 Å². The zero-order valence-electron chi connectivity index (χ0n) is 13.1. The van der Waals surface area contributed by atoms with E-state index < -0.39 is 0 Å². The molecule has 0 saturated carbocycles. The van der Waals surface area contributed by atoms with E-state index in [1.807, 2.05) is 61.5 Å². The summed E-state index contributed by atoms with van der Waals surface area (Å²) in [5.41, 5.74) is 5.54. The molecule has 0 bridgehead atoms. The van der Waals surface area contributed by atoms with Gasteiger partial charge in [-0.2, -0.15) is 0 Å². The fourth-order valence-electron chi connectivity index (χ4n) is 2.36. The Hall–Kier alpha value is -2.87. The summed E-state index contributed by atoms with van der Waals surface area (Å²) in [7, 11) is 0. The highest BCUT2D eigenvalue weighted by Gasteiger charge is 1.99. The van der Waals surface area contributed by atoms with E-state index in [1.165, 1.54) is 11.1 Å². The van der Waals surface area contributed by atoms with Crippen LogP contribution in [-0.4, -0.2) is 6.21 Å². The van der Waals surface area contributed by atoms with Gasteiger partial charge in [0.25, 0.3) is 0 Å². The zero-order valence-corrected chi connectivity index (χ0v) is 13.1. The molecule has 0 fully saturated rings. The van der Waals surface area contributed by atoms with Gasteiger partial charge in [0, 0.05) is 5.56 Å². The van der Waals surface area contributed by atoms with Gasteiger partial charge in [-0.25, -0.2) is 0 Å². The molecule has 0 unspecified atom stereocenters. The smallest absolute Gasteiger partial charge is 0.142 e. The predicted molar refractivity (Wildman–Crippen MR) is 94.4 cm³/mol. The van der Waals surface area contributed by atoms with E-state index in [0.717, 1.165) is 16.7 Å². The van der Waals surface area contributed by atoms with Crippen molar-refractivity contribution in [1.29, 1.82) is 0 Å². The molecule has 0 atom stereocenters. The van der Waals surface area contributed by atoms with E-state index in [2.05, 4.69) is 35.6 Å². The van der Waals surface area contributed by atoms with Crippen LogP contribution in [-0.2, 0) is 11.4 Å². The van der Waals surface area contributed by atoms with Crippen LogP contribution in [0.4, 0.5) is 0 Å². The van der Waals surface area contributed by atoms with Crippen molar-refractivity contribution in [2.75, 3.05) is 0 Å². The van der Waals surface area contributed by atoms with E-state index in [0.29, 0.717) is 6.61 Å². The molecule has 0 heterocycles. The summed E-state index contributed by atoms with van der Waals surface area (Å²) in [5, 5.41) is 3.95. The SMILES string of the molecule is Cc1ccccc1/[C]=N\OCc1cccc(-c2ccccc2)c1. The normalized spacial score (nSPS) is 10.8. The molecule has 0 spiro atoms. The maximum atomic E-state index is 5.38. The Morgan fingerprint density at radius 2 is 1.57 bits per heavy atom. The van der Waals surface area contributed by atoms with Crippen LogP contribution in [0.1, 0.15) is 16.7 Å². The van der Waals surface area contributed by atoms with Gasteiger partial charge < -0.3 is 4.84 Å². The first-order chi connectivity index (χ1) is 11.3. The predicted octanol–water partition coefficient (Wildman–Crippen LogP) is 5.09. The summed E-state index contributed by atoms with van der Waals surface area (Å²) in [6.07, 6.45) is 2.93. The first-order valence-electron chi connectivity index (χ1n) is 7.61. The average molecular weight is 300 g/mol. The Labute approximate surface area is 137 Å². The highest BCUT2D eigenvalue weighted by molar-refractivity contribution is 5.81. The molecule has 3 rings (SSSR count). The standard InChI is InChI=1S/C21H18NO/c1-17-8-5-6-12-21(17)15-22-23-16-18-9-7-13-20(14-18)19-10-3-2-4-11-19/h2-14H,16H2,1H3. The van der Waals surface area contributed by atoms with Gasteiger partial charge >= 0.3 is 0 Å². The van der Waals surface area contributed by atoms with Crippen LogP contribution in [0.15, 0.2) is 84.0 Å². The van der Waals surface area contributed by atoms with Crippen LogP contribution >= 0.6 is 0 Å². The Morgan fingerprint density at radius 1 is 0.826 bits per heavy atom. The molecule has 3 aromatic rings. The van der Waals surface area contributed by atoms with Crippen molar-refractivity contribution >= 4 is 6.21 Å². The van der Waals surface area contributed by atoms with Gasteiger partial charge in [0.2, 0.25) is 0 Å². The fourth-order valence-corrected chi connectivity index (χ4v) is 2.36. The van der Waals surface area contributed by atoms with E-state index in [4.69, 9.17) is 4.84 Å². The molecule has 0 aromatic heterocycles. The topological polar surface area (TPSA) is 21.6 Å². The third kappa shape index (κ3) is 4.07. The molecule has 23 heavy (non-hydrogen) atoms. The lowest BCUT2D eigenvalue weighted by Crippen LogP contribution is -1.90. The fraction of sp³-hybridized carbons (Fsp3) is 0.0952. The van der Waals surface area contributed by atoms with Gasteiger partial charge in [-0.05, 0) is 35.2 Å². The third-order valence-electron chi connectivity index (χ3n) is 3.64. The van der Waals surface area contributed by atoms with Crippen LogP contribution in [0.2, 0.25) is 0 Å². The number of rotatable bonds is 5. The first-order valence-corrected chi connectivity index (χ1v) is 7.61. The van der Waals surface area contributed by atoms with E-state index >= 15 is 0 Å². The average Bonchev–Trinajstić information content (AvgIpc) is 2.61. The molecule has 0 saturated heterocycles. The molecule has 1 radical (unpaired) electrons. The number of benzene rings is 3. The molecular formula is C21H18NO. The van der Waals surface area contributed by atoms with Crippen LogP contribution in [0.25, 0.3) is 11.1 Å². The van der Waals surface area contributed by atoms with Crippen LogP contribution in [0.5, 0.6) is 0 Å². The molecule has 0 aliphatic heterocycles. The maximum absolute atomic E-state index is 5.38. The molecule has 2 nitrogen and oxygen atoms in total. The molecule has 2 heteroatoms. The van der Waals surface area contributed by atoms with Crippen LogP contribution < -0.4 is 0 Å². The molecule has 0 N–H and O–H groups in total. The van der Waals surface area contributed by atoms with Crippen molar-refractivity contribution in [3.05, 3.63) is 95.6 Å². The Morgan fingerprint density at radius 3 is 2.39 bits per heavy atom. The van der Waals surface area contributed by atoms with Crippen molar-refractivity contribution in [1.82, 2.24) is 0 Å². The van der Waals surface area contributed by atoms with Crippen molar-refractivity contribution in [2.24, 2.45) is 5.16 Å². The summed E-state index contributed by atoms with van der Waals surface area (Å²) in [4.78, 5) is 5.38. The lowest BCUT2D eigenvalue weighted by Gasteiger charge is -2.05. The highest BCUT2D eigenvalue weighted by Crippen LogP contribution is 2.20. The quantitative estimate of drug-likeness (QED) is 0.475. The Kier molecular flexibility index (Phi) is 4.85. The molecule has 3 aromatic carbocycles. The summed E-state index contributed by atoms with van der Waals surface area (Å²) < 4.78 is 0. The largest absolute Gasteiger partial charge is 0.390 e. The Balaban J connectivity index is 1.64. The van der Waals surface area contributed by atoms with E-state index in [1.54, 1.807) is 0 Å². The van der Waals surface area contributed by atoms with Crippen LogP contribution in [0.3, 0.4) is 0 Å². The molecular weight excluding hydrogens is 282 g/mol. The Bertz CT molecular complexity index is 794. The van der Waals surface area contributed by atoms with Crippen molar-refractivity contribution in [3.63, 3.8) is 0 Å².